The minimum absolute atomic E-state index is 0.000486. The highest BCUT2D eigenvalue weighted by molar-refractivity contribution is 5.53. The third-order valence-electron chi connectivity index (χ3n) is 1.93. The molecule has 0 aliphatic heterocycles. The van der Waals surface area contributed by atoms with Gasteiger partial charge in [-0.3, -0.25) is 0 Å². The first-order valence-corrected chi connectivity index (χ1v) is 4.48. The van der Waals surface area contributed by atoms with Crippen LogP contribution in [0.2, 0.25) is 0 Å². The summed E-state index contributed by atoms with van der Waals surface area (Å²) in [6.07, 6.45) is -4.08. The highest BCUT2D eigenvalue weighted by Gasteiger charge is 2.33. The Labute approximate surface area is 94.8 Å². The number of alkyl halides is 3. The predicted octanol–water partition coefficient (Wildman–Crippen LogP) is 1.09. The SMILES string of the molecule is N#CCc1cnc(N)c(CN)c1OC(F)(F)F. The second kappa shape index (κ2) is 4.88. The molecular formula is C9H9F3N4O. The van der Waals surface area contributed by atoms with Crippen LogP contribution in [0.4, 0.5) is 19.0 Å². The van der Waals surface area contributed by atoms with Gasteiger partial charge in [0.15, 0.2) is 0 Å². The van der Waals surface area contributed by atoms with E-state index in [4.69, 9.17) is 16.7 Å². The van der Waals surface area contributed by atoms with Crippen LogP contribution in [0.5, 0.6) is 5.75 Å². The molecule has 0 aliphatic carbocycles. The second-order valence-electron chi connectivity index (χ2n) is 3.06. The van der Waals surface area contributed by atoms with Crippen LogP contribution in [0.1, 0.15) is 11.1 Å². The maximum absolute atomic E-state index is 12.2. The number of hydrogen-bond donors (Lipinski definition) is 2. The Bertz CT molecular complexity index is 453. The van der Waals surface area contributed by atoms with E-state index in [1.54, 1.807) is 6.07 Å². The van der Waals surface area contributed by atoms with Crippen LogP contribution in [0.3, 0.4) is 0 Å². The molecule has 1 aromatic rings. The monoisotopic (exact) mass is 246 g/mol. The number of hydrogen-bond acceptors (Lipinski definition) is 5. The van der Waals surface area contributed by atoms with Gasteiger partial charge in [0.1, 0.15) is 11.6 Å². The molecule has 0 aliphatic rings. The fraction of sp³-hybridized carbons (Fsp3) is 0.333. The summed E-state index contributed by atoms with van der Waals surface area (Å²) in [5.41, 5.74) is 10.6. The zero-order valence-corrected chi connectivity index (χ0v) is 8.58. The lowest BCUT2D eigenvalue weighted by atomic mass is 10.1. The van der Waals surface area contributed by atoms with Gasteiger partial charge in [0.25, 0.3) is 0 Å². The Morgan fingerprint density at radius 3 is 2.59 bits per heavy atom. The Kier molecular flexibility index (Phi) is 3.75. The van der Waals surface area contributed by atoms with Crippen LogP contribution < -0.4 is 16.2 Å². The van der Waals surface area contributed by atoms with E-state index in [1.165, 1.54) is 0 Å². The van der Waals surface area contributed by atoms with Gasteiger partial charge >= 0.3 is 6.36 Å². The van der Waals surface area contributed by atoms with Crippen molar-refractivity contribution in [2.24, 2.45) is 5.73 Å². The topological polar surface area (TPSA) is 98.0 Å². The van der Waals surface area contributed by atoms with E-state index in [0.717, 1.165) is 6.20 Å². The molecule has 1 heterocycles. The lowest BCUT2D eigenvalue weighted by molar-refractivity contribution is -0.275. The summed E-state index contributed by atoms with van der Waals surface area (Å²) in [4.78, 5) is 3.66. The van der Waals surface area contributed by atoms with E-state index in [1.807, 2.05) is 0 Å². The van der Waals surface area contributed by atoms with E-state index >= 15 is 0 Å². The number of ether oxygens (including phenoxy) is 1. The van der Waals surface area contributed by atoms with Gasteiger partial charge in [-0.1, -0.05) is 0 Å². The van der Waals surface area contributed by atoms with Crippen molar-refractivity contribution in [1.82, 2.24) is 4.98 Å². The summed E-state index contributed by atoms with van der Waals surface area (Å²) >= 11 is 0. The Morgan fingerprint density at radius 1 is 1.47 bits per heavy atom. The molecule has 0 aromatic carbocycles. The number of anilines is 1. The average molecular weight is 246 g/mol. The predicted molar refractivity (Wildman–Crippen MR) is 52.5 cm³/mol. The van der Waals surface area contributed by atoms with Gasteiger partial charge in [-0.2, -0.15) is 5.26 Å². The number of aromatic nitrogens is 1. The maximum atomic E-state index is 12.2. The van der Waals surface area contributed by atoms with E-state index in [2.05, 4.69) is 9.72 Å². The molecule has 0 unspecified atom stereocenters. The zero-order chi connectivity index (χ0) is 13.1. The zero-order valence-electron chi connectivity index (χ0n) is 8.58. The minimum atomic E-state index is -4.87. The number of pyridine rings is 1. The van der Waals surface area contributed by atoms with E-state index in [9.17, 15) is 13.2 Å². The number of nitrogen functional groups attached to an aromatic ring is 1. The summed E-state index contributed by atoms with van der Waals surface area (Å²) in [6, 6.07) is 1.71. The van der Waals surface area contributed by atoms with Gasteiger partial charge in [0.05, 0.1) is 18.1 Å². The highest BCUT2D eigenvalue weighted by atomic mass is 19.4. The molecule has 4 N–H and O–H groups in total. The first-order valence-electron chi connectivity index (χ1n) is 4.48. The normalized spacial score (nSPS) is 11.0. The minimum Gasteiger partial charge on any atom is -0.405 e. The lowest BCUT2D eigenvalue weighted by Crippen LogP contribution is -2.21. The summed E-state index contributed by atoms with van der Waals surface area (Å²) in [5, 5.41) is 8.50. The van der Waals surface area contributed by atoms with Crippen LogP contribution in [-0.4, -0.2) is 11.3 Å². The highest BCUT2D eigenvalue weighted by Crippen LogP contribution is 2.32. The molecule has 92 valence electrons. The molecule has 0 amide bonds. The number of nitrogens with zero attached hydrogens (tertiary/aromatic N) is 2. The van der Waals surface area contributed by atoms with Crippen molar-refractivity contribution in [3.05, 3.63) is 17.3 Å². The van der Waals surface area contributed by atoms with Crippen molar-refractivity contribution in [2.45, 2.75) is 19.3 Å². The standard InChI is InChI=1S/C9H9F3N4O/c10-9(11,12)17-7-5(1-2-13)4-16-8(15)6(7)3-14/h4H,1,3,14H2,(H2,15,16). The molecule has 0 spiro atoms. The fourth-order valence-electron chi connectivity index (χ4n) is 1.25. The van der Waals surface area contributed by atoms with Gasteiger partial charge in [-0.15, -0.1) is 13.2 Å². The Hall–Kier alpha value is -2.01. The fourth-order valence-corrected chi connectivity index (χ4v) is 1.25. The van der Waals surface area contributed by atoms with Crippen molar-refractivity contribution < 1.29 is 17.9 Å². The van der Waals surface area contributed by atoms with Gasteiger partial charge < -0.3 is 16.2 Å². The first-order chi connectivity index (χ1) is 7.89. The molecule has 5 nitrogen and oxygen atoms in total. The third-order valence-corrected chi connectivity index (χ3v) is 1.93. The third kappa shape index (κ3) is 3.22. The molecular weight excluding hydrogens is 237 g/mol. The van der Waals surface area contributed by atoms with Crippen LogP contribution in [0.25, 0.3) is 0 Å². The van der Waals surface area contributed by atoms with Crippen molar-refractivity contribution in [3.63, 3.8) is 0 Å². The molecule has 0 bridgehead atoms. The second-order valence-corrected chi connectivity index (χ2v) is 3.06. The molecule has 0 saturated heterocycles. The van der Waals surface area contributed by atoms with Crippen molar-refractivity contribution in [1.29, 1.82) is 5.26 Å². The van der Waals surface area contributed by atoms with Gasteiger partial charge in [-0.25, -0.2) is 4.98 Å². The number of halogens is 3. The van der Waals surface area contributed by atoms with Crippen LogP contribution in [0.15, 0.2) is 6.20 Å². The lowest BCUT2D eigenvalue weighted by Gasteiger charge is -2.16. The van der Waals surface area contributed by atoms with Crippen LogP contribution in [-0.2, 0) is 13.0 Å². The number of nitriles is 1. The molecule has 0 saturated carbocycles. The smallest absolute Gasteiger partial charge is 0.405 e. The molecule has 0 radical (unpaired) electrons. The summed E-state index contributed by atoms with van der Waals surface area (Å²) in [5.74, 6) is -0.678. The number of nitrogens with two attached hydrogens (primary N) is 2. The number of rotatable bonds is 3. The molecule has 0 fully saturated rings. The first kappa shape index (κ1) is 13.1. The van der Waals surface area contributed by atoms with E-state index in [0.29, 0.717) is 0 Å². The summed E-state index contributed by atoms with van der Waals surface area (Å²) < 4.78 is 40.4. The van der Waals surface area contributed by atoms with Crippen molar-refractivity contribution in [2.75, 3.05) is 5.73 Å². The maximum Gasteiger partial charge on any atom is 0.573 e. The van der Waals surface area contributed by atoms with Crippen LogP contribution >= 0.6 is 0 Å². The van der Waals surface area contributed by atoms with Crippen LogP contribution in [0, 0.1) is 11.3 Å². The average Bonchev–Trinajstić information content (AvgIpc) is 2.21. The Morgan fingerprint density at radius 2 is 2.12 bits per heavy atom. The van der Waals surface area contributed by atoms with Gasteiger partial charge in [-0.05, 0) is 0 Å². The largest absolute Gasteiger partial charge is 0.573 e. The van der Waals surface area contributed by atoms with Gasteiger partial charge in [0, 0.05) is 18.3 Å². The molecule has 0 atom stereocenters. The Balaban J connectivity index is 3.29. The molecule has 17 heavy (non-hydrogen) atoms. The molecule has 1 rings (SSSR count). The van der Waals surface area contributed by atoms with Gasteiger partial charge in [0.2, 0.25) is 0 Å². The van der Waals surface area contributed by atoms with E-state index in [-0.39, 0.29) is 29.9 Å². The van der Waals surface area contributed by atoms with Crippen molar-refractivity contribution >= 4 is 5.82 Å². The summed E-state index contributed by atoms with van der Waals surface area (Å²) in [6.45, 7) is -0.260. The molecule has 1 aromatic heterocycles. The van der Waals surface area contributed by atoms with E-state index < -0.39 is 12.1 Å². The van der Waals surface area contributed by atoms with Crippen molar-refractivity contribution in [3.8, 4) is 11.8 Å². The molecule has 8 heteroatoms. The quantitative estimate of drug-likeness (QED) is 0.831. The summed E-state index contributed by atoms with van der Waals surface area (Å²) in [7, 11) is 0.